The summed E-state index contributed by atoms with van der Waals surface area (Å²) in [5, 5.41) is 0.787. The molecule has 19 heavy (non-hydrogen) atoms. The summed E-state index contributed by atoms with van der Waals surface area (Å²) in [6, 6.07) is 4.38. The number of amides is 2. The van der Waals surface area contributed by atoms with Crippen LogP contribution in [-0.2, 0) is 14.4 Å². The second-order valence-corrected chi connectivity index (χ2v) is 4.24. The van der Waals surface area contributed by atoms with Crippen molar-refractivity contribution < 1.29 is 24.0 Å². The highest BCUT2D eigenvalue weighted by Crippen LogP contribution is 2.24. The summed E-state index contributed by atoms with van der Waals surface area (Å²) < 4.78 is 4.99. The average molecular weight is 284 g/mol. The monoisotopic (exact) mass is 283 g/mol. The number of hydrogen-bond acceptors (Lipinski definition) is 5. The van der Waals surface area contributed by atoms with Crippen LogP contribution in [0.15, 0.2) is 18.2 Å². The number of nitrogens with zero attached hydrogens (tertiary/aromatic N) is 1. The maximum Gasteiger partial charge on any atom is 0.367 e. The quantitative estimate of drug-likeness (QED) is 0.787. The number of imide groups is 1. The third-order valence-electron chi connectivity index (χ3n) is 2.56. The molecule has 1 saturated heterocycles. The Balaban J connectivity index is 2.22. The minimum Gasteiger partial charge on any atom is -0.496 e. The lowest BCUT2D eigenvalue weighted by atomic mass is 10.2. The Morgan fingerprint density at radius 1 is 1.26 bits per heavy atom. The second kappa shape index (κ2) is 5.27. The van der Waals surface area contributed by atoms with Crippen molar-refractivity contribution >= 4 is 29.4 Å². The van der Waals surface area contributed by atoms with Crippen molar-refractivity contribution in [3.8, 4) is 5.75 Å². The van der Waals surface area contributed by atoms with Gasteiger partial charge in [0.1, 0.15) is 11.3 Å². The summed E-state index contributed by atoms with van der Waals surface area (Å²) in [5.74, 6) is -1.71. The lowest BCUT2D eigenvalue weighted by Gasteiger charge is -2.14. The van der Waals surface area contributed by atoms with Crippen molar-refractivity contribution in [2.24, 2.45) is 0 Å². The topological polar surface area (TPSA) is 72.9 Å². The molecule has 0 bridgehead atoms. The molecule has 0 atom stereocenters. The van der Waals surface area contributed by atoms with Crippen LogP contribution in [0.25, 0.3) is 0 Å². The summed E-state index contributed by atoms with van der Waals surface area (Å²) >= 11 is 5.78. The van der Waals surface area contributed by atoms with E-state index in [1.807, 2.05) is 0 Å². The first-order valence-electron chi connectivity index (χ1n) is 5.44. The van der Waals surface area contributed by atoms with E-state index >= 15 is 0 Å². The smallest absolute Gasteiger partial charge is 0.367 e. The number of halogens is 1. The van der Waals surface area contributed by atoms with Crippen LogP contribution in [0.5, 0.6) is 5.75 Å². The van der Waals surface area contributed by atoms with Gasteiger partial charge in [-0.05, 0) is 18.2 Å². The van der Waals surface area contributed by atoms with Gasteiger partial charge < -0.3 is 9.57 Å². The molecular formula is C12H10ClNO5. The van der Waals surface area contributed by atoms with E-state index in [-0.39, 0.29) is 24.2 Å². The predicted octanol–water partition coefficient (Wildman–Crippen LogP) is 1.57. The first-order chi connectivity index (χ1) is 9.02. The normalized spacial score (nSPS) is 14.7. The van der Waals surface area contributed by atoms with E-state index in [2.05, 4.69) is 0 Å². The Morgan fingerprint density at radius 3 is 2.47 bits per heavy atom. The fourth-order valence-electron chi connectivity index (χ4n) is 1.63. The third kappa shape index (κ3) is 2.68. The van der Waals surface area contributed by atoms with Crippen molar-refractivity contribution in [3.05, 3.63) is 28.8 Å². The average Bonchev–Trinajstić information content (AvgIpc) is 2.70. The van der Waals surface area contributed by atoms with E-state index in [0.29, 0.717) is 10.1 Å². The van der Waals surface area contributed by atoms with Crippen LogP contribution in [0.4, 0.5) is 0 Å². The van der Waals surface area contributed by atoms with Gasteiger partial charge in [-0.3, -0.25) is 9.59 Å². The third-order valence-corrected chi connectivity index (χ3v) is 2.80. The molecule has 0 saturated carbocycles. The van der Waals surface area contributed by atoms with Crippen molar-refractivity contribution in [1.82, 2.24) is 5.06 Å². The Kier molecular flexibility index (Phi) is 3.71. The summed E-state index contributed by atoms with van der Waals surface area (Å²) in [7, 11) is 1.38. The van der Waals surface area contributed by atoms with Gasteiger partial charge in [0.15, 0.2) is 0 Å². The van der Waals surface area contributed by atoms with Crippen LogP contribution in [0, 0.1) is 0 Å². The standard InChI is InChI=1S/C12H10ClNO5/c1-18-9-3-2-7(13)6-8(9)12(17)19-14-10(15)4-5-11(14)16/h2-3,6H,4-5H2,1H3. The Hall–Kier alpha value is -2.08. The van der Waals surface area contributed by atoms with E-state index in [1.165, 1.54) is 19.2 Å². The maximum absolute atomic E-state index is 11.9. The van der Waals surface area contributed by atoms with Gasteiger partial charge in [-0.1, -0.05) is 11.6 Å². The molecule has 1 aliphatic rings. The number of ether oxygens (including phenoxy) is 1. The highest BCUT2D eigenvalue weighted by atomic mass is 35.5. The molecule has 0 aliphatic carbocycles. The molecular weight excluding hydrogens is 274 g/mol. The van der Waals surface area contributed by atoms with E-state index in [4.69, 9.17) is 21.2 Å². The zero-order valence-corrected chi connectivity index (χ0v) is 10.8. The molecule has 100 valence electrons. The molecule has 0 radical (unpaired) electrons. The van der Waals surface area contributed by atoms with Gasteiger partial charge in [-0.2, -0.15) is 0 Å². The van der Waals surface area contributed by atoms with Crippen LogP contribution >= 0.6 is 11.6 Å². The van der Waals surface area contributed by atoms with Gasteiger partial charge in [0.25, 0.3) is 11.8 Å². The van der Waals surface area contributed by atoms with Crippen molar-refractivity contribution in [2.45, 2.75) is 12.8 Å². The molecule has 0 unspecified atom stereocenters. The van der Waals surface area contributed by atoms with Gasteiger partial charge in [-0.15, -0.1) is 5.06 Å². The molecule has 1 heterocycles. The summed E-state index contributed by atoms with van der Waals surface area (Å²) in [6.45, 7) is 0. The number of benzene rings is 1. The number of carbonyl (C=O) groups is 3. The molecule has 0 N–H and O–H groups in total. The van der Waals surface area contributed by atoms with E-state index < -0.39 is 17.8 Å². The fraction of sp³-hybridized carbons (Fsp3) is 0.250. The van der Waals surface area contributed by atoms with E-state index in [9.17, 15) is 14.4 Å². The predicted molar refractivity (Wildman–Crippen MR) is 64.5 cm³/mol. The number of rotatable bonds is 3. The van der Waals surface area contributed by atoms with Crippen LogP contribution in [0.2, 0.25) is 5.02 Å². The van der Waals surface area contributed by atoms with E-state index in [0.717, 1.165) is 0 Å². The van der Waals surface area contributed by atoms with Gasteiger partial charge in [0, 0.05) is 17.9 Å². The molecule has 6 nitrogen and oxygen atoms in total. The summed E-state index contributed by atoms with van der Waals surface area (Å²) in [4.78, 5) is 39.4. The van der Waals surface area contributed by atoms with Crippen molar-refractivity contribution in [3.63, 3.8) is 0 Å². The first-order valence-corrected chi connectivity index (χ1v) is 5.82. The van der Waals surface area contributed by atoms with Gasteiger partial charge >= 0.3 is 5.97 Å². The Bertz CT molecular complexity index is 541. The largest absolute Gasteiger partial charge is 0.496 e. The van der Waals surface area contributed by atoms with Gasteiger partial charge in [0.05, 0.1) is 7.11 Å². The van der Waals surface area contributed by atoms with E-state index in [1.54, 1.807) is 6.07 Å². The van der Waals surface area contributed by atoms with Crippen LogP contribution in [-0.4, -0.2) is 30.0 Å². The zero-order valence-electron chi connectivity index (χ0n) is 10.0. The first kappa shape index (κ1) is 13.4. The summed E-state index contributed by atoms with van der Waals surface area (Å²) in [5.41, 5.74) is 0.0440. The zero-order chi connectivity index (χ0) is 14.0. The van der Waals surface area contributed by atoms with Crippen LogP contribution < -0.4 is 4.74 Å². The van der Waals surface area contributed by atoms with Crippen LogP contribution in [0.1, 0.15) is 23.2 Å². The lowest BCUT2D eigenvalue weighted by Crippen LogP contribution is -2.32. The Morgan fingerprint density at radius 2 is 1.89 bits per heavy atom. The molecule has 1 aliphatic heterocycles. The SMILES string of the molecule is COc1ccc(Cl)cc1C(=O)ON1C(=O)CCC1=O. The van der Waals surface area contributed by atoms with Gasteiger partial charge in [-0.25, -0.2) is 4.79 Å². The molecule has 1 aromatic rings. The molecule has 1 aromatic carbocycles. The van der Waals surface area contributed by atoms with Crippen molar-refractivity contribution in [1.29, 1.82) is 0 Å². The fourth-order valence-corrected chi connectivity index (χ4v) is 1.80. The Labute approximate surface area is 113 Å². The minimum atomic E-state index is -0.872. The number of hydroxylamine groups is 2. The molecule has 2 rings (SSSR count). The maximum atomic E-state index is 11.9. The molecule has 2 amide bonds. The van der Waals surface area contributed by atoms with Gasteiger partial charge in [0.2, 0.25) is 0 Å². The van der Waals surface area contributed by atoms with Crippen molar-refractivity contribution in [2.75, 3.05) is 7.11 Å². The molecule has 7 heteroatoms. The van der Waals surface area contributed by atoms with Crippen LogP contribution in [0.3, 0.4) is 0 Å². The second-order valence-electron chi connectivity index (χ2n) is 3.81. The molecule has 0 spiro atoms. The summed E-state index contributed by atoms with van der Waals surface area (Å²) in [6.07, 6.45) is 0.0809. The number of carbonyl (C=O) groups excluding carboxylic acids is 3. The minimum absolute atomic E-state index is 0.0405. The number of hydrogen-bond donors (Lipinski definition) is 0. The number of methoxy groups -OCH3 is 1. The molecule has 1 fully saturated rings. The highest BCUT2D eigenvalue weighted by molar-refractivity contribution is 6.31. The molecule has 0 aromatic heterocycles. The lowest BCUT2D eigenvalue weighted by molar-refractivity contribution is -0.172. The highest BCUT2D eigenvalue weighted by Gasteiger charge is 2.33.